The molecule has 0 atom stereocenters. The number of fused-ring (bicyclic) bond motifs is 1. The van der Waals surface area contributed by atoms with E-state index in [0.717, 1.165) is 43.9 Å². The molecule has 1 aromatic rings. The number of likely N-dealkylation sites (N-methyl/N-ethyl adjacent to an activating group) is 1. The largest absolute Gasteiger partial charge is 0.350 e. The predicted molar refractivity (Wildman–Crippen MR) is 90.3 cm³/mol. The first-order valence-corrected chi connectivity index (χ1v) is 9.18. The third kappa shape index (κ3) is 4.82. The van der Waals surface area contributed by atoms with Gasteiger partial charge >= 0.3 is 0 Å². The molecule has 4 heteroatoms. The summed E-state index contributed by atoms with van der Waals surface area (Å²) in [5.74, 6) is 0.110. The van der Waals surface area contributed by atoms with Crippen molar-refractivity contribution in [1.29, 1.82) is 0 Å². The van der Waals surface area contributed by atoms with Crippen LogP contribution in [0.3, 0.4) is 0 Å². The molecule has 0 saturated heterocycles. The number of rotatable bonds is 6. The minimum absolute atomic E-state index is 0.110. The van der Waals surface area contributed by atoms with E-state index in [1.807, 2.05) is 0 Å². The van der Waals surface area contributed by atoms with Crippen LogP contribution < -0.4 is 5.32 Å². The number of carbonyl (C=O) groups excluding carboxylic acids is 1. The third-order valence-electron chi connectivity index (χ3n) is 4.33. The fourth-order valence-corrected chi connectivity index (χ4v) is 4.08. The molecule has 1 aliphatic carbocycles. The number of hydrogen-bond acceptors (Lipinski definition) is 3. The van der Waals surface area contributed by atoms with Crippen molar-refractivity contribution >= 4 is 17.2 Å². The molecule has 0 spiro atoms. The van der Waals surface area contributed by atoms with Gasteiger partial charge in [0.05, 0.1) is 4.88 Å². The van der Waals surface area contributed by atoms with E-state index in [2.05, 4.69) is 30.1 Å². The van der Waals surface area contributed by atoms with Gasteiger partial charge in [-0.3, -0.25) is 4.79 Å². The van der Waals surface area contributed by atoms with Gasteiger partial charge in [0, 0.05) is 18.0 Å². The van der Waals surface area contributed by atoms with Crippen molar-refractivity contribution in [1.82, 2.24) is 10.2 Å². The average Bonchev–Trinajstić information content (AvgIpc) is 2.86. The number of nitrogens with zero attached hydrogens (tertiary/aromatic N) is 1. The lowest BCUT2D eigenvalue weighted by atomic mass is 10.00. The summed E-state index contributed by atoms with van der Waals surface area (Å²) in [6, 6.07) is 2.14. The standard InChI is InChI=1S/C17H28N2OS/c1-3-19(4-2)12-11-18-17(20)16-13-14-9-7-5-6-8-10-15(14)21-16/h13H,3-12H2,1-2H3,(H,18,20). The Morgan fingerprint density at radius 1 is 1.19 bits per heavy atom. The van der Waals surface area contributed by atoms with Crippen molar-refractivity contribution in [2.24, 2.45) is 0 Å². The van der Waals surface area contributed by atoms with E-state index in [9.17, 15) is 4.79 Å². The smallest absolute Gasteiger partial charge is 0.261 e. The van der Waals surface area contributed by atoms with Crippen molar-refractivity contribution in [2.75, 3.05) is 26.2 Å². The van der Waals surface area contributed by atoms with Gasteiger partial charge in [-0.25, -0.2) is 0 Å². The molecule has 118 valence electrons. The van der Waals surface area contributed by atoms with Crippen LogP contribution in [-0.2, 0) is 12.8 Å². The minimum Gasteiger partial charge on any atom is -0.350 e. The van der Waals surface area contributed by atoms with Gasteiger partial charge in [0.2, 0.25) is 0 Å². The first kappa shape index (κ1) is 16.5. The highest BCUT2D eigenvalue weighted by Crippen LogP contribution is 2.28. The van der Waals surface area contributed by atoms with Gasteiger partial charge in [0.25, 0.3) is 5.91 Å². The average molecular weight is 308 g/mol. The lowest BCUT2D eigenvalue weighted by Crippen LogP contribution is -2.34. The zero-order valence-electron chi connectivity index (χ0n) is 13.4. The highest BCUT2D eigenvalue weighted by molar-refractivity contribution is 7.14. The molecule has 0 radical (unpaired) electrons. The normalized spacial score (nSPS) is 15.4. The van der Waals surface area contributed by atoms with Crippen LogP contribution in [0.1, 0.15) is 59.6 Å². The number of hydrogen-bond donors (Lipinski definition) is 1. The summed E-state index contributed by atoms with van der Waals surface area (Å²) < 4.78 is 0. The summed E-state index contributed by atoms with van der Waals surface area (Å²) in [6.45, 7) is 8.07. The number of carbonyl (C=O) groups is 1. The predicted octanol–water partition coefficient (Wildman–Crippen LogP) is 3.48. The maximum absolute atomic E-state index is 12.3. The summed E-state index contributed by atoms with van der Waals surface area (Å²) in [5, 5.41) is 3.07. The summed E-state index contributed by atoms with van der Waals surface area (Å²) in [5.41, 5.74) is 1.42. The molecule has 1 N–H and O–H groups in total. The summed E-state index contributed by atoms with van der Waals surface area (Å²) in [4.78, 5) is 17.0. The Kier molecular flexibility index (Phi) is 6.71. The van der Waals surface area contributed by atoms with Crippen molar-refractivity contribution in [2.45, 2.75) is 52.4 Å². The molecule has 3 nitrogen and oxygen atoms in total. The highest BCUT2D eigenvalue weighted by Gasteiger charge is 2.15. The van der Waals surface area contributed by atoms with Crippen molar-refractivity contribution in [3.05, 3.63) is 21.4 Å². The van der Waals surface area contributed by atoms with Crippen LogP contribution in [0, 0.1) is 0 Å². The maximum atomic E-state index is 12.3. The Bertz CT molecular complexity index is 426. The van der Waals surface area contributed by atoms with Crippen LogP contribution in [0.5, 0.6) is 0 Å². The number of nitrogens with one attached hydrogen (secondary N) is 1. The molecule has 0 saturated carbocycles. The van der Waals surface area contributed by atoms with Gasteiger partial charge in [-0.15, -0.1) is 11.3 Å². The first-order valence-electron chi connectivity index (χ1n) is 8.36. The van der Waals surface area contributed by atoms with Crippen molar-refractivity contribution in [3.8, 4) is 0 Å². The first-order chi connectivity index (χ1) is 10.2. The Balaban J connectivity index is 1.89. The van der Waals surface area contributed by atoms with E-state index in [1.54, 1.807) is 11.3 Å². The van der Waals surface area contributed by atoms with Gasteiger partial charge in [0.15, 0.2) is 0 Å². The summed E-state index contributed by atoms with van der Waals surface area (Å²) in [6.07, 6.45) is 7.53. The van der Waals surface area contributed by atoms with E-state index >= 15 is 0 Å². The van der Waals surface area contributed by atoms with Crippen LogP contribution >= 0.6 is 11.3 Å². The Labute approximate surface area is 132 Å². The zero-order chi connectivity index (χ0) is 15.1. The van der Waals surface area contributed by atoms with Crippen molar-refractivity contribution in [3.63, 3.8) is 0 Å². The Morgan fingerprint density at radius 2 is 1.90 bits per heavy atom. The molecule has 0 aromatic carbocycles. The van der Waals surface area contributed by atoms with Crippen molar-refractivity contribution < 1.29 is 4.79 Å². The van der Waals surface area contributed by atoms with Gasteiger partial charge in [0.1, 0.15) is 0 Å². The van der Waals surface area contributed by atoms with E-state index in [4.69, 9.17) is 0 Å². The fourth-order valence-electron chi connectivity index (χ4n) is 2.91. The molecule has 0 aliphatic heterocycles. The van der Waals surface area contributed by atoms with Gasteiger partial charge in [-0.2, -0.15) is 0 Å². The molecule has 21 heavy (non-hydrogen) atoms. The third-order valence-corrected chi connectivity index (χ3v) is 5.56. The minimum atomic E-state index is 0.110. The molecule has 0 unspecified atom stereocenters. The van der Waals surface area contributed by atoms with Crippen LogP contribution in [0.15, 0.2) is 6.07 Å². The summed E-state index contributed by atoms with van der Waals surface area (Å²) in [7, 11) is 0. The molecule has 1 aliphatic rings. The molecule has 1 heterocycles. The second-order valence-electron chi connectivity index (χ2n) is 5.76. The molecule has 0 fully saturated rings. The zero-order valence-corrected chi connectivity index (χ0v) is 14.2. The summed E-state index contributed by atoms with van der Waals surface area (Å²) >= 11 is 1.71. The van der Waals surface area contributed by atoms with Crippen LogP contribution in [0.25, 0.3) is 0 Å². The second kappa shape index (κ2) is 8.54. The van der Waals surface area contributed by atoms with E-state index in [0.29, 0.717) is 0 Å². The molecule has 0 bridgehead atoms. The van der Waals surface area contributed by atoms with Gasteiger partial charge in [-0.1, -0.05) is 26.7 Å². The molecule has 2 rings (SSSR count). The quantitative estimate of drug-likeness (QED) is 0.872. The second-order valence-corrected chi connectivity index (χ2v) is 6.89. The Hall–Kier alpha value is -0.870. The highest BCUT2D eigenvalue weighted by atomic mass is 32.1. The van der Waals surface area contributed by atoms with Crippen LogP contribution in [0.4, 0.5) is 0 Å². The molecular formula is C17H28N2OS. The van der Waals surface area contributed by atoms with Gasteiger partial charge in [-0.05, 0) is 50.4 Å². The topological polar surface area (TPSA) is 32.3 Å². The molecular weight excluding hydrogens is 280 g/mol. The lowest BCUT2D eigenvalue weighted by Gasteiger charge is -2.17. The van der Waals surface area contributed by atoms with E-state index < -0.39 is 0 Å². The monoisotopic (exact) mass is 308 g/mol. The maximum Gasteiger partial charge on any atom is 0.261 e. The molecule has 1 amide bonds. The number of aryl methyl sites for hydroxylation is 2. The Morgan fingerprint density at radius 3 is 2.62 bits per heavy atom. The molecule has 1 aromatic heterocycles. The van der Waals surface area contributed by atoms with Crippen LogP contribution in [0.2, 0.25) is 0 Å². The van der Waals surface area contributed by atoms with E-state index in [1.165, 1.54) is 36.1 Å². The van der Waals surface area contributed by atoms with Crippen LogP contribution in [-0.4, -0.2) is 37.0 Å². The lowest BCUT2D eigenvalue weighted by molar-refractivity contribution is 0.0953. The SMILES string of the molecule is CCN(CC)CCNC(=O)c1cc2c(s1)CCCCCC2. The van der Waals surface area contributed by atoms with Gasteiger partial charge < -0.3 is 10.2 Å². The number of thiophene rings is 1. The number of amides is 1. The fraction of sp³-hybridized carbons (Fsp3) is 0.706. The van der Waals surface area contributed by atoms with E-state index in [-0.39, 0.29) is 5.91 Å².